The maximum absolute atomic E-state index is 13.5. The van der Waals surface area contributed by atoms with Crippen LogP contribution in [0, 0.1) is 11.6 Å². The zero-order valence-corrected chi connectivity index (χ0v) is 12.3. The summed E-state index contributed by atoms with van der Waals surface area (Å²) < 4.78 is 26.9. The van der Waals surface area contributed by atoms with Crippen molar-refractivity contribution in [1.29, 1.82) is 0 Å². The highest BCUT2D eigenvalue weighted by Gasteiger charge is 2.06. The molecule has 3 aromatic rings. The Bertz CT molecular complexity index is 743. The van der Waals surface area contributed by atoms with Gasteiger partial charge in [0, 0.05) is 0 Å². The Morgan fingerprint density at radius 2 is 1.14 bits per heavy atom. The van der Waals surface area contributed by atoms with Gasteiger partial charge in [-0.15, -0.1) is 0 Å². The van der Waals surface area contributed by atoms with Gasteiger partial charge in [0.25, 0.3) is 0 Å². The fourth-order valence-corrected chi connectivity index (χ4v) is 2.57. The first-order valence-corrected chi connectivity index (χ1v) is 7.31. The molecule has 0 nitrogen and oxygen atoms in total. The smallest absolute Gasteiger partial charge is 0.123 e. The van der Waals surface area contributed by atoms with E-state index in [1.54, 1.807) is 12.1 Å². The van der Waals surface area contributed by atoms with Crippen molar-refractivity contribution in [2.45, 2.75) is 13.3 Å². The number of halogens is 2. The summed E-state index contributed by atoms with van der Waals surface area (Å²) >= 11 is 0. The molecule has 22 heavy (non-hydrogen) atoms. The van der Waals surface area contributed by atoms with Crippen molar-refractivity contribution in [1.82, 2.24) is 0 Å². The average Bonchev–Trinajstić information content (AvgIpc) is 2.54. The number of benzene rings is 3. The highest BCUT2D eigenvalue weighted by molar-refractivity contribution is 5.74. The molecule has 0 aliphatic heterocycles. The monoisotopic (exact) mass is 294 g/mol. The molecule has 0 aromatic heterocycles. The van der Waals surface area contributed by atoms with E-state index in [0.717, 1.165) is 34.2 Å². The molecular weight excluding hydrogens is 278 g/mol. The molecule has 0 saturated carbocycles. The topological polar surface area (TPSA) is 0 Å². The Labute approximate surface area is 129 Å². The van der Waals surface area contributed by atoms with Crippen LogP contribution < -0.4 is 0 Å². The molecule has 0 spiro atoms. The van der Waals surface area contributed by atoms with Crippen LogP contribution in [0.3, 0.4) is 0 Å². The second-order valence-corrected chi connectivity index (χ2v) is 5.29. The van der Waals surface area contributed by atoms with E-state index in [9.17, 15) is 8.78 Å². The molecule has 0 aliphatic carbocycles. The van der Waals surface area contributed by atoms with Crippen molar-refractivity contribution in [2.24, 2.45) is 0 Å². The number of aryl methyl sites for hydroxylation is 1. The van der Waals surface area contributed by atoms with E-state index >= 15 is 0 Å². The Hall–Kier alpha value is -2.48. The van der Waals surface area contributed by atoms with Gasteiger partial charge in [-0.3, -0.25) is 0 Å². The van der Waals surface area contributed by atoms with Crippen LogP contribution in [0.2, 0.25) is 0 Å². The first-order chi connectivity index (χ1) is 10.7. The van der Waals surface area contributed by atoms with E-state index in [2.05, 4.69) is 19.1 Å². The predicted molar refractivity (Wildman–Crippen MR) is 86.6 cm³/mol. The lowest BCUT2D eigenvalue weighted by atomic mass is 9.95. The molecule has 2 heteroatoms. The van der Waals surface area contributed by atoms with Crippen LogP contribution in [-0.4, -0.2) is 0 Å². The molecule has 0 radical (unpaired) electrons. The van der Waals surface area contributed by atoms with Crippen molar-refractivity contribution >= 4 is 0 Å². The van der Waals surface area contributed by atoms with E-state index in [1.807, 2.05) is 18.2 Å². The summed E-state index contributed by atoms with van der Waals surface area (Å²) in [5.41, 5.74) is 4.68. The third-order valence-electron chi connectivity index (χ3n) is 3.72. The Morgan fingerprint density at radius 1 is 0.636 bits per heavy atom. The molecule has 0 amide bonds. The summed E-state index contributed by atoms with van der Waals surface area (Å²) in [6.07, 6.45) is 0.867. The highest BCUT2D eigenvalue weighted by Crippen LogP contribution is 2.29. The minimum absolute atomic E-state index is 0.258. The lowest BCUT2D eigenvalue weighted by Gasteiger charge is -2.10. The maximum Gasteiger partial charge on any atom is 0.123 e. The van der Waals surface area contributed by atoms with E-state index in [4.69, 9.17) is 0 Å². The highest BCUT2D eigenvalue weighted by atomic mass is 19.1. The molecule has 0 heterocycles. The van der Waals surface area contributed by atoms with Gasteiger partial charge in [0.15, 0.2) is 0 Å². The van der Waals surface area contributed by atoms with Gasteiger partial charge in [0.2, 0.25) is 0 Å². The first-order valence-electron chi connectivity index (χ1n) is 7.31. The number of rotatable bonds is 3. The molecule has 0 N–H and O–H groups in total. The van der Waals surface area contributed by atoms with Gasteiger partial charge in [-0.25, -0.2) is 8.78 Å². The van der Waals surface area contributed by atoms with Gasteiger partial charge in [0.05, 0.1) is 0 Å². The molecule has 3 rings (SSSR count). The van der Waals surface area contributed by atoms with Gasteiger partial charge < -0.3 is 0 Å². The average molecular weight is 294 g/mol. The minimum Gasteiger partial charge on any atom is -0.207 e. The van der Waals surface area contributed by atoms with Crippen molar-refractivity contribution in [3.8, 4) is 22.3 Å². The Kier molecular flexibility index (Phi) is 4.01. The second-order valence-electron chi connectivity index (χ2n) is 5.29. The molecule has 0 bridgehead atoms. The molecule has 0 saturated heterocycles. The van der Waals surface area contributed by atoms with Crippen molar-refractivity contribution in [3.63, 3.8) is 0 Å². The van der Waals surface area contributed by atoms with Crippen molar-refractivity contribution in [2.75, 3.05) is 0 Å². The van der Waals surface area contributed by atoms with E-state index in [0.29, 0.717) is 0 Å². The standard InChI is InChI=1S/C20H16F2/c1-2-14-9-17(15-5-3-7-19(21)12-15)11-18(10-14)16-6-4-8-20(22)13-16/h3-13H,2H2,1H3. The van der Waals surface area contributed by atoms with Crippen molar-refractivity contribution in [3.05, 3.63) is 83.9 Å². The zero-order valence-electron chi connectivity index (χ0n) is 12.3. The molecule has 0 fully saturated rings. The van der Waals surface area contributed by atoms with Crippen LogP contribution >= 0.6 is 0 Å². The third kappa shape index (κ3) is 3.06. The molecule has 0 atom stereocenters. The predicted octanol–water partition coefficient (Wildman–Crippen LogP) is 5.86. The second kappa shape index (κ2) is 6.10. The van der Waals surface area contributed by atoms with E-state index < -0.39 is 0 Å². The normalized spacial score (nSPS) is 10.7. The maximum atomic E-state index is 13.5. The molecule has 0 aliphatic rings. The Balaban J connectivity index is 2.14. The lowest BCUT2D eigenvalue weighted by molar-refractivity contribution is 0.628. The van der Waals surface area contributed by atoms with E-state index in [1.165, 1.54) is 24.3 Å². The fourth-order valence-electron chi connectivity index (χ4n) is 2.57. The Morgan fingerprint density at radius 3 is 1.55 bits per heavy atom. The van der Waals surface area contributed by atoms with Crippen LogP contribution in [0.4, 0.5) is 8.78 Å². The summed E-state index contributed by atoms with van der Waals surface area (Å²) in [5.74, 6) is -0.515. The number of hydrogen-bond donors (Lipinski definition) is 0. The molecular formula is C20H16F2. The SMILES string of the molecule is CCc1cc(-c2cccc(F)c2)cc(-c2cccc(F)c2)c1. The lowest BCUT2D eigenvalue weighted by Crippen LogP contribution is -1.88. The van der Waals surface area contributed by atoms with E-state index in [-0.39, 0.29) is 11.6 Å². The van der Waals surface area contributed by atoms with Crippen LogP contribution in [0.5, 0.6) is 0 Å². The zero-order chi connectivity index (χ0) is 15.5. The van der Waals surface area contributed by atoms with Crippen LogP contribution in [-0.2, 0) is 6.42 Å². The summed E-state index contributed by atoms with van der Waals surface area (Å²) in [7, 11) is 0. The molecule has 0 unspecified atom stereocenters. The summed E-state index contributed by atoms with van der Waals surface area (Å²) in [6, 6.07) is 19.1. The van der Waals surface area contributed by atoms with Crippen LogP contribution in [0.25, 0.3) is 22.3 Å². The van der Waals surface area contributed by atoms with Gasteiger partial charge in [-0.05, 0) is 64.6 Å². The van der Waals surface area contributed by atoms with Crippen LogP contribution in [0.1, 0.15) is 12.5 Å². The van der Waals surface area contributed by atoms with Crippen LogP contribution in [0.15, 0.2) is 66.7 Å². The quantitative estimate of drug-likeness (QED) is 0.567. The minimum atomic E-state index is -0.258. The van der Waals surface area contributed by atoms with Crippen molar-refractivity contribution < 1.29 is 8.78 Å². The first kappa shape index (κ1) is 14.5. The third-order valence-corrected chi connectivity index (χ3v) is 3.72. The summed E-state index contributed by atoms with van der Waals surface area (Å²) in [6.45, 7) is 2.07. The van der Waals surface area contributed by atoms with Gasteiger partial charge >= 0.3 is 0 Å². The summed E-state index contributed by atoms with van der Waals surface area (Å²) in [5, 5.41) is 0. The summed E-state index contributed by atoms with van der Waals surface area (Å²) in [4.78, 5) is 0. The van der Waals surface area contributed by atoms with Gasteiger partial charge in [-0.1, -0.05) is 43.3 Å². The number of hydrogen-bond acceptors (Lipinski definition) is 0. The van der Waals surface area contributed by atoms with Gasteiger partial charge in [-0.2, -0.15) is 0 Å². The molecule has 3 aromatic carbocycles. The largest absolute Gasteiger partial charge is 0.207 e. The molecule has 110 valence electrons. The van der Waals surface area contributed by atoms with Gasteiger partial charge in [0.1, 0.15) is 11.6 Å². The fraction of sp³-hybridized carbons (Fsp3) is 0.100.